The van der Waals surface area contributed by atoms with Crippen LogP contribution in [0.1, 0.15) is 0 Å². The Morgan fingerprint density at radius 1 is 1.40 bits per heavy atom. The Labute approximate surface area is 58.9 Å². The van der Waals surface area contributed by atoms with Crippen LogP contribution in [0.25, 0.3) is 0 Å². The van der Waals surface area contributed by atoms with Crippen molar-refractivity contribution in [1.82, 2.24) is 0 Å². The summed E-state index contributed by atoms with van der Waals surface area (Å²) in [5.41, 5.74) is 0. The summed E-state index contributed by atoms with van der Waals surface area (Å²) in [4.78, 5) is 10.2. The van der Waals surface area contributed by atoms with Gasteiger partial charge in [-0.15, -0.1) is 0 Å². The van der Waals surface area contributed by atoms with Crippen LogP contribution in [-0.4, -0.2) is 14.4 Å². The summed E-state index contributed by atoms with van der Waals surface area (Å²) in [5.74, 6) is -1.01. The minimum atomic E-state index is -3.89. The second-order valence-corrected chi connectivity index (χ2v) is 2.75. The van der Waals surface area contributed by atoms with E-state index in [1.54, 1.807) is 0 Å². The Kier molecular flexibility index (Phi) is 2.82. The number of rotatable bonds is 3. The van der Waals surface area contributed by atoms with Crippen molar-refractivity contribution in [2.75, 3.05) is 0 Å². The van der Waals surface area contributed by atoms with Gasteiger partial charge in [0.2, 0.25) is 0 Å². The Morgan fingerprint density at radius 2 is 1.90 bits per heavy atom. The Hall–Kier alpha value is -1.10. The molecule has 0 spiro atoms. The molecule has 0 atom stereocenters. The molecule has 0 fully saturated rings. The predicted molar refractivity (Wildman–Crippen MR) is 35.4 cm³/mol. The lowest BCUT2D eigenvalue weighted by Gasteiger charge is -1.94. The van der Waals surface area contributed by atoms with Crippen LogP contribution in [0.4, 0.5) is 0 Å². The Morgan fingerprint density at radius 3 is 2.20 bits per heavy atom. The Balaban J connectivity index is 4.30. The van der Waals surface area contributed by atoms with E-state index in [2.05, 4.69) is 17.3 Å². The maximum atomic E-state index is 10.4. The highest BCUT2D eigenvalue weighted by molar-refractivity contribution is 7.90. The average Bonchev–Trinajstić information content (AvgIpc) is 1.87. The first-order valence-corrected chi connectivity index (χ1v) is 3.72. The van der Waals surface area contributed by atoms with E-state index in [1.165, 1.54) is 0 Å². The van der Waals surface area contributed by atoms with Crippen LogP contribution >= 0.6 is 0 Å². The van der Waals surface area contributed by atoms with Crippen molar-refractivity contribution >= 4 is 16.1 Å². The summed E-state index contributed by atoms with van der Waals surface area (Å²) in [6.45, 7) is 5.93. The maximum Gasteiger partial charge on any atom is 0.346 e. The highest BCUT2D eigenvalue weighted by Crippen LogP contribution is 1.93. The molecule has 0 saturated heterocycles. The van der Waals surface area contributed by atoms with Crippen LogP contribution in [0, 0.1) is 0 Å². The molecule has 10 heavy (non-hydrogen) atoms. The van der Waals surface area contributed by atoms with E-state index in [0.29, 0.717) is 5.41 Å². The van der Waals surface area contributed by atoms with Crippen LogP contribution in [0.2, 0.25) is 0 Å². The molecule has 0 rings (SSSR count). The first kappa shape index (κ1) is 8.90. The van der Waals surface area contributed by atoms with Gasteiger partial charge in [0.1, 0.15) is 0 Å². The van der Waals surface area contributed by atoms with Crippen LogP contribution in [0.15, 0.2) is 24.6 Å². The molecule has 0 heterocycles. The zero-order chi connectivity index (χ0) is 8.20. The molecule has 56 valence electrons. The molecular weight excluding hydrogens is 156 g/mol. The normalized spacial score (nSPS) is 10.0. The molecule has 0 unspecified atom stereocenters. The molecule has 0 saturated carbocycles. The largest absolute Gasteiger partial charge is 0.346 e. The molecule has 0 aromatic rings. The standard InChI is InChI=1S/C5H6O4S/c1-3-5(6)9-10(7,8)4-2/h3-4H,1-2H2. The smallest absolute Gasteiger partial charge is 0.339 e. The molecule has 0 aromatic heterocycles. The fourth-order valence-corrected chi connectivity index (χ4v) is 0.548. The van der Waals surface area contributed by atoms with Gasteiger partial charge in [0.05, 0.1) is 5.41 Å². The quantitative estimate of drug-likeness (QED) is 0.439. The van der Waals surface area contributed by atoms with Crippen molar-refractivity contribution in [1.29, 1.82) is 0 Å². The van der Waals surface area contributed by atoms with E-state index < -0.39 is 16.1 Å². The third-order valence-electron chi connectivity index (χ3n) is 0.569. The fraction of sp³-hybridized carbons (Fsp3) is 0. The minimum absolute atomic E-state index is 0.536. The molecule has 0 N–H and O–H groups in total. The lowest BCUT2D eigenvalue weighted by molar-refractivity contribution is -0.128. The average molecular weight is 162 g/mol. The molecule has 0 aromatic carbocycles. The topological polar surface area (TPSA) is 60.4 Å². The number of carbonyl (C=O) groups excluding carboxylic acids is 1. The van der Waals surface area contributed by atoms with Gasteiger partial charge in [-0.1, -0.05) is 13.2 Å². The summed E-state index contributed by atoms with van der Waals surface area (Å²) >= 11 is 0. The molecule has 0 amide bonds. The van der Waals surface area contributed by atoms with Crippen LogP contribution in [-0.2, 0) is 19.1 Å². The molecule has 0 aliphatic heterocycles. The third kappa shape index (κ3) is 3.03. The summed E-state index contributed by atoms with van der Waals surface area (Å²) in [6, 6.07) is 0. The van der Waals surface area contributed by atoms with Crippen LogP contribution in [0.5, 0.6) is 0 Å². The van der Waals surface area contributed by atoms with Gasteiger partial charge in [-0.05, 0) is 0 Å². The van der Waals surface area contributed by atoms with Gasteiger partial charge in [0.25, 0.3) is 0 Å². The van der Waals surface area contributed by atoms with Crippen molar-refractivity contribution in [2.24, 2.45) is 0 Å². The maximum absolute atomic E-state index is 10.4. The van der Waals surface area contributed by atoms with E-state index in [0.717, 1.165) is 6.08 Å². The second kappa shape index (κ2) is 3.17. The molecule has 0 aliphatic rings. The first-order valence-electron chi connectivity index (χ1n) is 2.25. The molecule has 4 nitrogen and oxygen atoms in total. The third-order valence-corrected chi connectivity index (χ3v) is 1.37. The van der Waals surface area contributed by atoms with Gasteiger partial charge in [0, 0.05) is 6.08 Å². The molecule has 0 aliphatic carbocycles. The summed E-state index contributed by atoms with van der Waals surface area (Å²) in [6.07, 6.45) is 0.751. The first-order chi connectivity index (χ1) is 4.52. The fourth-order valence-electron chi connectivity index (χ4n) is 0.183. The van der Waals surface area contributed by atoms with Crippen molar-refractivity contribution in [3.8, 4) is 0 Å². The monoisotopic (exact) mass is 162 g/mol. The minimum Gasteiger partial charge on any atom is -0.339 e. The van der Waals surface area contributed by atoms with Gasteiger partial charge in [-0.25, -0.2) is 4.79 Å². The predicted octanol–water partition coefficient (Wildman–Crippen LogP) is 0.189. The number of hydrogen-bond acceptors (Lipinski definition) is 4. The van der Waals surface area contributed by atoms with Crippen molar-refractivity contribution in [3.05, 3.63) is 24.6 Å². The highest BCUT2D eigenvalue weighted by atomic mass is 32.2. The highest BCUT2D eigenvalue weighted by Gasteiger charge is 2.08. The summed E-state index contributed by atoms with van der Waals surface area (Å²) in [7, 11) is -3.89. The lowest BCUT2D eigenvalue weighted by atomic mass is 10.7. The zero-order valence-corrected chi connectivity index (χ0v) is 5.93. The summed E-state index contributed by atoms with van der Waals surface area (Å²) in [5, 5.41) is 0.536. The van der Waals surface area contributed by atoms with Crippen LogP contribution in [0.3, 0.4) is 0 Å². The van der Waals surface area contributed by atoms with E-state index >= 15 is 0 Å². The van der Waals surface area contributed by atoms with Gasteiger partial charge in [0.15, 0.2) is 0 Å². The number of carbonyl (C=O) groups is 1. The van der Waals surface area contributed by atoms with Gasteiger partial charge < -0.3 is 4.18 Å². The van der Waals surface area contributed by atoms with Gasteiger partial charge in [-0.2, -0.15) is 8.42 Å². The van der Waals surface area contributed by atoms with E-state index in [1.807, 2.05) is 0 Å². The lowest BCUT2D eigenvalue weighted by Crippen LogP contribution is -2.06. The zero-order valence-electron chi connectivity index (χ0n) is 5.11. The Bertz CT molecular complexity index is 249. The summed E-state index contributed by atoms with van der Waals surface area (Å²) < 4.78 is 24.6. The molecule has 0 bridgehead atoms. The van der Waals surface area contributed by atoms with Crippen LogP contribution < -0.4 is 0 Å². The molecular formula is C5H6O4S. The molecule has 5 heteroatoms. The molecule has 0 radical (unpaired) electrons. The van der Waals surface area contributed by atoms with E-state index in [9.17, 15) is 13.2 Å². The van der Waals surface area contributed by atoms with E-state index in [4.69, 9.17) is 0 Å². The second-order valence-electron chi connectivity index (χ2n) is 1.27. The van der Waals surface area contributed by atoms with Crippen molar-refractivity contribution in [3.63, 3.8) is 0 Å². The van der Waals surface area contributed by atoms with E-state index in [-0.39, 0.29) is 0 Å². The SMILES string of the molecule is C=CC(=O)OS(=O)(=O)C=C. The number of hydrogen-bond donors (Lipinski definition) is 0. The van der Waals surface area contributed by atoms with Crippen molar-refractivity contribution < 1.29 is 17.4 Å². The van der Waals surface area contributed by atoms with Crippen molar-refractivity contribution in [2.45, 2.75) is 0 Å². The van der Waals surface area contributed by atoms with Gasteiger partial charge in [-0.3, -0.25) is 0 Å². The van der Waals surface area contributed by atoms with Gasteiger partial charge >= 0.3 is 16.1 Å².